The Hall–Kier alpha value is -2.17. The van der Waals surface area contributed by atoms with Crippen molar-refractivity contribution in [2.45, 2.75) is 45.8 Å². The first-order valence-corrected chi connectivity index (χ1v) is 11.2. The van der Waals surface area contributed by atoms with Gasteiger partial charge < -0.3 is 20.7 Å². The van der Waals surface area contributed by atoms with Gasteiger partial charge in [-0.25, -0.2) is 0 Å². The van der Waals surface area contributed by atoms with Gasteiger partial charge in [0.1, 0.15) is 12.6 Å². The van der Waals surface area contributed by atoms with Crippen molar-refractivity contribution in [1.29, 1.82) is 0 Å². The van der Waals surface area contributed by atoms with E-state index in [0.717, 1.165) is 18.9 Å². The fraction of sp³-hybridized carbons (Fsp3) is 0.652. The number of morpholine rings is 1. The first-order chi connectivity index (χ1) is 15.4. The average molecular weight is 471 g/mol. The lowest BCUT2D eigenvalue weighted by Crippen LogP contribution is -2.52. The summed E-state index contributed by atoms with van der Waals surface area (Å²) in [5, 5.41) is 2.46. The Bertz CT molecular complexity index is 865. The van der Waals surface area contributed by atoms with Crippen LogP contribution in [0.3, 0.4) is 0 Å². The summed E-state index contributed by atoms with van der Waals surface area (Å²) in [7, 11) is 0. The molecule has 184 valence electrons. The number of hydrogen-bond acceptors (Lipinski definition) is 5. The number of anilines is 2. The molecule has 0 aromatic heterocycles. The zero-order valence-electron chi connectivity index (χ0n) is 19.4. The molecule has 1 aliphatic carbocycles. The largest absolute Gasteiger partial charge is 0.418 e. The van der Waals surface area contributed by atoms with Crippen LogP contribution in [0, 0.1) is 11.3 Å². The number of rotatable bonds is 8. The van der Waals surface area contributed by atoms with Crippen molar-refractivity contribution >= 4 is 23.2 Å². The van der Waals surface area contributed by atoms with Crippen LogP contribution in [0.5, 0.6) is 0 Å². The quantitative estimate of drug-likeness (QED) is 0.610. The van der Waals surface area contributed by atoms with Crippen LogP contribution in [0.1, 0.15) is 39.2 Å². The molecule has 33 heavy (non-hydrogen) atoms. The topological polar surface area (TPSA) is 87.9 Å². The molecule has 7 nitrogen and oxygen atoms in total. The Morgan fingerprint density at radius 3 is 2.55 bits per heavy atom. The minimum Gasteiger partial charge on any atom is -0.370 e. The Labute approximate surface area is 192 Å². The number of hydrogen-bond donors (Lipinski definition) is 2. The van der Waals surface area contributed by atoms with Crippen LogP contribution in [0.25, 0.3) is 0 Å². The van der Waals surface area contributed by atoms with E-state index in [9.17, 15) is 22.8 Å². The molecule has 2 aliphatic rings. The van der Waals surface area contributed by atoms with E-state index >= 15 is 0 Å². The molecule has 1 saturated heterocycles. The number of carbonyl (C=O) groups excluding carboxylic acids is 2. The van der Waals surface area contributed by atoms with Crippen LogP contribution in [-0.2, 0) is 20.5 Å². The summed E-state index contributed by atoms with van der Waals surface area (Å²) in [5.41, 5.74) is 4.58. The van der Waals surface area contributed by atoms with Gasteiger partial charge in [-0.3, -0.25) is 14.5 Å². The predicted octanol–water partition coefficient (Wildman–Crippen LogP) is 3.09. The molecule has 0 radical (unpaired) electrons. The third-order valence-corrected chi connectivity index (χ3v) is 5.70. The highest BCUT2D eigenvalue weighted by Gasteiger charge is 2.37. The molecule has 2 fully saturated rings. The lowest BCUT2D eigenvalue weighted by molar-refractivity contribution is -0.137. The lowest BCUT2D eigenvalue weighted by atomic mass is 9.94. The summed E-state index contributed by atoms with van der Waals surface area (Å²) >= 11 is 0. The molecule has 0 bridgehead atoms. The predicted molar refractivity (Wildman–Crippen MR) is 120 cm³/mol. The van der Waals surface area contributed by atoms with Crippen LogP contribution in [-0.4, -0.2) is 62.1 Å². The van der Waals surface area contributed by atoms with Crippen LogP contribution < -0.4 is 16.0 Å². The zero-order chi connectivity index (χ0) is 24.4. The van der Waals surface area contributed by atoms with E-state index in [0.29, 0.717) is 19.0 Å². The van der Waals surface area contributed by atoms with Gasteiger partial charge in [-0.2, -0.15) is 13.2 Å². The Morgan fingerprint density at radius 1 is 1.30 bits per heavy atom. The fourth-order valence-corrected chi connectivity index (χ4v) is 4.02. The molecular weight excluding hydrogens is 437 g/mol. The number of ether oxygens (including phenoxy) is 1. The highest BCUT2D eigenvalue weighted by molar-refractivity contribution is 5.98. The normalized spacial score (nSPS) is 18.5. The standard InChI is InChI=1S/C23H33F3N4O3/c1-22(2,3)14-29(12-15-4-5-15)19(11-27)21(32)28-18-7-6-16(10-17(18)23(24,25)26)30-8-9-33-13-20(30)31/h6-7,10,15,19H,4-5,8-9,11-14,27H2,1-3H3,(H,28,32)/t19-/m1/s1. The number of nitrogens with zero attached hydrogens (tertiary/aromatic N) is 2. The maximum atomic E-state index is 13.9. The molecule has 1 saturated carbocycles. The van der Waals surface area contributed by atoms with E-state index < -0.39 is 29.6 Å². The second kappa shape index (κ2) is 9.99. The molecule has 1 aromatic carbocycles. The summed E-state index contributed by atoms with van der Waals surface area (Å²) in [6, 6.07) is 2.75. The molecule has 1 atom stereocenters. The van der Waals surface area contributed by atoms with Crippen molar-refractivity contribution in [3.63, 3.8) is 0 Å². The third-order valence-electron chi connectivity index (χ3n) is 5.70. The van der Waals surface area contributed by atoms with Crippen molar-refractivity contribution in [3.8, 4) is 0 Å². The van der Waals surface area contributed by atoms with Gasteiger partial charge in [0.2, 0.25) is 5.91 Å². The number of alkyl halides is 3. The van der Waals surface area contributed by atoms with Gasteiger partial charge in [0, 0.05) is 31.9 Å². The van der Waals surface area contributed by atoms with Gasteiger partial charge in [-0.15, -0.1) is 0 Å². The highest BCUT2D eigenvalue weighted by Crippen LogP contribution is 2.38. The molecule has 10 heteroatoms. The Balaban J connectivity index is 1.84. The second-order valence-corrected chi connectivity index (χ2v) is 10.00. The van der Waals surface area contributed by atoms with Gasteiger partial charge in [-0.05, 0) is 42.4 Å². The van der Waals surface area contributed by atoms with E-state index in [1.54, 1.807) is 0 Å². The van der Waals surface area contributed by atoms with E-state index in [1.807, 2.05) is 25.7 Å². The van der Waals surface area contributed by atoms with Gasteiger partial charge >= 0.3 is 6.18 Å². The molecule has 2 amide bonds. The Kier molecular flexibility index (Phi) is 7.70. The number of carbonyl (C=O) groups is 2. The minimum absolute atomic E-state index is 0.00362. The van der Waals surface area contributed by atoms with E-state index in [4.69, 9.17) is 10.5 Å². The summed E-state index contributed by atoms with van der Waals surface area (Å²) in [4.78, 5) is 28.4. The maximum absolute atomic E-state index is 13.9. The molecule has 3 N–H and O–H groups in total. The van der Waals surface area contributed by atoms with Crippen LogP contribution in [0.4, 0.5) is 24.5 Å². The smallest absolute Gasteiger partial charge is 0.370 e. The monoisotopic (exact) mass is 470 g/mol. The SMILES string of the molecule is CC(C)(C)CN(CC1CC1)[C@H](CN)C(=O)Nc1ccc(N2CCOCC2=O)cc1C(F)(F)F. The first-order valence-electron chi connectivity index (χ1n) is 11.2. The number of amides is 2. The van der Waals surface area contributed by atoms with Crippen molar-refractivity contribution < 1.29 is 27.5 Å². The van der Waals surface area contributed by atoms with Crippen molar-refractivity contribution in [1.82, 2.24) is 4.90 Å². The van der Waals surface area contributed by atoms with Crippen molar-refractivity contribution in [3.05, 3.63) is 23.8 Å². The summed E-state index contributed by atoms with van der Waals surface area (Å²) in [6.07, 6.45) is -2.55. The molecule has 1 aromatic rings. The second-order valence-electron chi connectivity index (χ2n) is 10.00. The van der Waals surface area contributed by atoms with Gasteiger partial charge in [0.05, 0.1) is 17.9 Å². The summed E-state index contributed by atoms with van der Waals surface area (Å²) in [5.74, 6) is -0.486. The lowest BCUT2D eigenvalue weighted by Gasteiger charge is -2.35. The summed E-state index contributed by atoms with van der Waals surface area (Å²) in [6.45, 7) is 7.66. The number of nitrogens with one attached hydrogen (secondary N) is 1. The Morgan fingerprint density at radius 2 is 2.00 bits per heavy atom. The van der Waals surface area contributed by atoms with Gasteiger partial charge in [0.25, 0.3) is 5.91 Å². The minimum atomic E-state index is -4.72. The molecule has 0 unspecified atom stereocenters. The number of benzene rings is 1. The highest BCUT2D eigenvalue weighted by atomic mass is 19.4. The maximum Gasteiger partial charge on any atom is 0.418 e. The number of halogens is 3. The molecular formula is C23H33F3N4O3. The molecule has 0 spiro atoms. The van der Waals surface area contributed by atoms with Crippen molar-refractivity contribution in [2.24, 2.45) is 17.1 Å². The van der Waals surface area contributed by atoms with Crippen molar-refractivity contribution in [2.75, 3.05) is 49.6 Å². The van der Waals surface area contributed by atoms with E-state index in [1.165, 1.54) is 17.0 Å². The molecule has 3 rings (SSSR count). The van der Waals surface area contributed by atoms with Gasteiger partial charge in [0.15, 0.2) is 0 Å². The van der Waals surface area contributed by atoms with Crippen LogP contribution in [0.15, 0.2) is 18.2 Å². The summed E-state index contributed by atoms with van der Waals surface area (Å²) < 4.78 is 46.7. The van der Waals surface area contributed by atoms with Crippen LogP contribution in [0.2, 0.25) is 0 Å². The van der Waals surface area contributed by atoms with Gasteiger partial charge in [-0.1, -0.05) is 20.8 Å². The third kappa shape index (κ3) is 6.91. The first kappa shape index (κ1) is 25.5. The fourth-order valence-electron chi connectivity index (χ4n) is 4.02. The number of nitrogens with two attached hydrogens (primary N) is 1. The van der Waals surface area contributed by atoms with Crippen LogP contribution >= 0.6 is 0 Å². The molecule has 1 aliphatic heterocycles. The molecule has 1 heterocycles. The van der Waals surface area contributed by atoms with E-state index in [2.05, 4.69) is 5.32 Å². The van der Waals surface area contributed by atoms with E-state index in [-0.39, 0.29) is 43.1 Å². The zero-order valence-corrected chi connectivity index (χ0v) is 19.4. The average Bonchev–Trinajstić information content (AvgIpc) is 3.51.